The lowest BCUT2D eigenvalue weighted by Crippen LogP contribution is -2.48. The second-order valence-corrected chi connectivity index (χ2v) is 7.67. The maximum atomic E-state index is 12.4. The number of halogens is 1. The molecule has 2 heterocycles. The van der Waals surface area contributed by atoms with Crippen LogP contribution in [0.5, 0.6) is 0 Å². The largest absolute Gasteiger partial charge is 0.368 e. The molecule has 0 spiro atoms. The van der Waals surface area contributed by atoms with E-state index in [1.54, 1.807) is 13.1 Å². The summed E-state index contributed by atoms with van der Waals surface area (Å²) in [6.07, 6.45) is 1.62. The molecule has 2 aromatic rings. The first-order valence-electron chi connectivity index (χ1n) is 7.31. The zero-order valence-electron chi connectivity index (χ0n) is 12.7. The second-order valence-electron chi connectivity index (χ2n) is 5.36. The summed E-state index contributed by atoms with van der Waals surface area (Å²) >= 11 is 4.64. The second kappa shape index (κ2) is 6.80. The zero-order chi connectivity index (χ0) is 16.4. The summed E-state index contributed by atoms with van der Waals surface area (Å²) in [7, 11) is 0. The molecule has 0 bridgehead atoms. The number of carbonyl (C=O) groups is 2. The van der Waals surface area contributed by atoms with Gasteiger partial charge in [-0.2, -0.15) is 0 Å². The molecule has 0 atom stereocenters. The number of hydrogen-bond donors (Lipinski definition) is 0. The third-order valence-corrected chi connectivity index (χ3v) is 5.36. The number of hydrogen-bond acceptors (Lipinski definition) is 5. The Balaban J connectivity index is 1.61. The average Bonchev–Trinajstić information content (AvgIpc) is 3.01. The van der Waals surface area contributed by atoms with Gasteiger partial charge < -0.3 is 9.80 Å². The fourth-order valence-corrected chi connectivity index (χ4v) is 3.82. The SMILES string of the molecule is CC(=O)c1ccc(N2CCN(C(=O)c3cnc(Br)s3)CC2)cc1. The highest BCUT2D eigenvalue weighted by atomic mass is 79.9. The van der Waals surface area contributed by atoms with Crippen LogP contribution in [-0.2, 0) is 0 Å². The van der Waals surface area contributed by atoms with Crippen LogP contribution in [0.25, 0.3) is 0 Å². The van der Waals surface area contributed by atoms with Gasteiger partial charge in [0.05, 0.1) is 6.20 Å². The van der Waals surface area contributed by atoms with E-state index in [9.17, 15) is 9.59 Å². The Hall–Kier alpha value is -1.73. The predicted molar refractivity (Wildman–Crippen MR) is 94.4 cm³/mol. The van der Waals surface area contributed by atoms with Gasteiger partial charge in [0.2, 0.25) is 0 Å². The third kappa shape index (κ3) is 3.61. The highest BCUT2D eigenvalue weighted by Gasteiger charge is 2.23. The normalized spacial score (nSPS) is 14.9. The minimum Gasteiger partial charge on any atom is -0.368 e. The van der Waals surface area contributed by atoms with Crippen LogP contribution in [0.1, 0.15) is 27.0 Å². The molecule has 1 amide bonds. The molecule has 1 aromatic carbocycles. The van der Waals surface area contributed by atoms with E-state index in [4.69, 9.17) is 0 Å². The molecule has 3 rings (SSSR count). The van der Waals surface area contributed by atoms with Gasteiger partial charge in [-0.05, 0) is 47.1 Å². The fourth-order valence-electron chi connectivity index (χ4n) is 2.58. The molecule has 1 aromatic heterocycles. The van der Waals surface area contributed by atoms with Crippen molar-refractivity contribution in [3.63, 3.8) is 0 Å². The van der Waals surface area contributed by atoms with Crippen LogP contribution in [-0.4, -0.2) is 47.8 Å². The Kier molecular flexibility index (Phi) is 4.77. The lowest BCUT2D eigenvalue weighted by molar-refractivity contribution is 0.0751. The number of nitrogens with zero attached hydrogens (tertiary/aromatic N) is 3. The summed E-state index contributed by atoms with van der Waals surface area (Å²) < 4.78 is 0.727. The quantitative estimate of drug-likeness (QED) is 0.751. The molecule has 1 aliphatic heterocycles. The summed E-state index contributed by atoms with van der Waals surface area (Å²) in [5.41, 5.74) is 1.81. The molecule has 1 aliphatic rings. The summed E-state index contributed by atoms with van der Waals surface area (Å²) in [6.45, 7) is 4.50. The Morgan fingerprint density at radius 2 is 1.78 bits per heavy atom. The minimum absolute atomic E-state index is 0.0415. The number of carbonyl (C=O) groups excluding carboxylic acids is 2. The molecular formula is C16H16BrN3O2S. The Morgan fingerprint density at radius 3 is 2.30 bits per heavy atom. The van der Waals surface area contributed by atoms with E-state index < -0.39 is 0 Å². The van der Waals surface area contributed by atoms with Gasteiger partial charge in [0.1, 0.15) is 4.88 Å². The summed E-state index contributed by atoms with van der Waals surface area (Å²) in [5.74, 6) is 0.113. The molecule has 0 radical (unpaired) electrons. The van der Waals surface area contributed by atoms with E-state index in [1.807, 2.05) is 29.2 Å². The van der Waals surface area contributed by atoms with Gasteiger partial charge in [0.15, 0.2) is 9.70 Å². The maximum absolute atomic E-state index is 12.4. The van der Waals surface area contributed by atoms with E-state index in [0.29, 0.717) is 18.0 Å². The number of amides is 1. The van der Waals surface area contributed by atoms with Gasteiger partial charge in [-0.15, -0.1) is 11.3 Å². The topological polar surface area (TPSA) is 53.5 Å². The van der Waals surface area contributed by atoms with Crippen LogP contribution in [0.15, 0.2) is 34.4 Å². The Labute approximate surface area is 147 Å². The number of Topliss-reactive ketones (excluding diaryl/α,β-unsaturated/α-hetero) is 1. The van der Waals surface area contributed by atoms with Crippen molar-refractivity contribution >= 4 is 44.6 Å². The van der Waals surface area contributed by atoms with Crippen molar-refractivity contribution in [2.75, 3.05) is 31.1 Å². The number of piperazine rings is 1. The first-order valence-corrected chi connectivity index (χ1v) is 8.92. The van der Waals surface area contributed by atoms with Crippen LogP contribution in [0.2, 0.25) is 0 Å². The van der Waals surface area contributed by atoms with Gasteiger partial charge in [0, 0.05) is 37.4 Å². The van der Waals surface area contributed by atoms with Crippen molar-refractivity contribution in [2.45, 2.75) is 6.92 Å². The highest BCUT2D eigenvalue weighted by Crippen LogP contribution is 2.22. The first-order chi connectivity index (χ1) is 11.0. The van der Waals surface area contributed by atoms with Crippen LogP contribution in [0, 0.1) is 0 Å². The molecule has 5 nitrogen and oxygen atoms in total. The molecule has 0 aliphatic carbocycles. The van der Waals surface area contributed by atoms with Gasteiger partial charge in [-0.1, -0.05) is 0 Å². The number of rotatable bonds is 3. The molecule has 7 heteroatoms. The highest BCUT2D eigenvalue weighted by molar-refractivity contribution is 9.11. The van der Waals surface area contributed by atoms with Gasteiger partial charge in [-0.3, -0.25) is 9.59 Å². The van der Waals surface area contributed by atoms with Gasteiger partial charge >= 0.3 is 0 Å². The summed E-state index contributed by atoms with van der Waals surface area (Å²) in [5, 5.41) is 0. The maximum Gasteiger partial charge on any atom is 0.265 e. The van der Waals surface area contributed by atoms with E-state index in [2.05, 4.69) is 25.8 Å². The summed E-state index contributed by atoms with van der Waals surface area (Å²) in [6, 6.07) is 7.64. The van der Waals surface area contributed by atoms with Crippen LogP contribution in [0.3, 0.4) is 0 Å². The molecule has 1 saturated heterocycles. The molecular weight excluding hydrogens is 378 g/mol. The van der Waals surface area contributed by atoms with Crippen molar-refractivity contribution in [2.24, 2.45) is 0 Å². The molecule has 0 N–H and O–H groups in total. The number of anilines is 1. The minimum atomic E-state index is 0.0415. The van der Waals surface area contributed by atoms with E-state index in [-0.39, 0.29) is 11.7 Å². The van der Waals surface area contributed by atoms with E-state index >= 15 is 0 Å². The smallest absolute Gasteiger partial charge is 0.265 e. The van der Waals surface area contributed by atoms with Crippen LogP contribution in [0.4, 0.5) is 5.69 Å². The van der Waals surface area contributed by atoms with Crippen molar-refractivity contribution in [3.8, 4) is 0 Å². The number of thiazole rings is 1. The monoisotopic (exact) mass is 393 g/mol. The Morgan fingerprint density at radius 1 is 1.13 bits per heavy atom. The molecule has 120 valence electrons. The molecule has 23 heavy (non-hydrogen) atoms. The molecule has 0 saturated carbocycles. The average molecular weight is 394 g/mol. The first kappa shape index (κ1) is 16.1. The number of benzene rings is 1. The van der Waals surface area contributed by atoms with Crippen molar-refractivity contribution < 1.29 is 9.59 Å². The standard InChI is InChI=1S/C16H16BrN3O2S/c1-11(21)12-2-4-13(5-3-12)19-6-8-20(9-7-19)15(22)14-10-18-16(17)23-14/h2-5,10H,6-9H2,1H3. The van der Waals surface area contributed by atoms with Crippen molar-refractivity contribution in [1.29, 1.82) is 0 Å². The summed E-state index contributed by atoms with van der Waals surface area (Å²) in [4.78, 5) is 32.5. The number of ketones is 1. The van der Waals surface area contributed by atoms with Gasteiger partial charge in [0.25, 0.3) is 5.91 Å². The van der Waals surface area contributed by atoms with Crippen LogP contribution >= 0.6 is 27.3 Å². The van der Waals surface area contributed by atoms with Crippen LogP contribution < -0.4 is 4.90 Å². The van der Waals surface area contributed by atoms with E-state index in [1.165, 1.54) is 11.3 Å². The predicted octanol–water partition coefficient (Wildman–Crippen LogP) is 3.07. The third-order valence-electron chi connectivity index (χ3n) is 3.89. The number of aromatic nitrogens is 1. The van der Waals surface area contributed by atoms with E-state index in [0.717, 1.165) is 28.3 Å². The lowest BCUT2D eigenvalue weighted by atomic mass is 10.1. The fraction of sp³-hybridized carbons (Fsp3) is 0.312. The van der Waals surface area contributed by atoms with Crippen molar-refractivity contribution in [3.05, 3.63) is 44.8 Å². The van der Waals surface area contributed by atoms with Crippen molar-refractivity contribution in [1.82, 2.24) is 9.88 Å². The lowest BCUT2D eigenvalue weighted by Gasteiger charge is -2.36. The zero-order valence-corrected chi connectivity index (χ0v) is 15.1. The Bertz CT molecular complexity index is 721. The van der Waals surface area contributed by atoms with Gasteiger partial charge in [-0.25, -0.2) is 4.98 Å². The molecule has 0 unspecified atom stereocenters. The molecule has 1 fully saturated rings.